The second-order valence-corrected chi connectivity index (χ2v) is 9.68. The van der Waals surface area contributed by atoms with Gasteiger partial charge in [-0.1, -0.05) is 45.4 Å². The molecule has 0 N–H and O–H groups in total. The van der Waals surface area contributed by atoms with Gasteiger partial charge in [-0.05, 0) is 61.5 Å². The Hall–Kier alpha value is -1.35. The highest BCUT2D eigenvalue weighted by atomic mass is 16.2. The molecule has 2 aliphatic heterocycles. The summed E-state index contributed by atoms with van der Waals surface area (Å²) in [4.78, 5) is 17.4. The fourth-order valence-corrected chi connectivity index (χ4v) is 5.70. The second kappa shape index (κ2) is 7.58. The Morgan fingerprint density at radius 1 is 0.963 bits per heavy atom. The number of carbonyl (C=O) groups is 1. The quantitative estimate of drug-likeness (QED) is 0.744. The van der Waals surface area contributed by atoms with Gasteiger partial charge in [0.15, 0.2) is 0 Å². The Bertz CT molecular complexity index is 667. The van der Waals surface area contributed by atoms with E-state index in [1.165, 1.54) is 43.4 Å². The summed E-state index contributed by atoms with van der Waals surface area (Å²) < 4.78 is 0. The molecule has 1 saturated carbocycles. The fourth-order valence-electron chi connectivity index (χ4n) is 5.70. The number of benzene rings is 1. The minimum atomic E-state index is 0.303. The van der Waals surface area contributed by atoms with Crippen molar-refractivity contribution in [2.45, 2.75) is 84.2 Å². The standard InChI is InChI=1S/C24H36N2O/c1-4-24(2,3)19-9-11-20(12-10-19)25-15-13-21(14-16-25)26-22-8-6-5-7-18(22)17-23(26)27/h5-8,19-21H,4,9-17H2,1-3H3. The van der Waals surface area contributed by atoms with Crippen LogP contribution < -0.4 is 4.90 Å². The van der Waals surface area contributed by atoms with E-state index in [1.807, 2.05) is 6.07 Å². The number of hydrogen-bond donors (Lipinski definition) is 0. The minimum absolute atomic E-state index is 0.303. The number of hydrogen-bond acceptors (Lipinski definition) is 2. The molecule has 1 amide bonds. The summed E-state index contributed by atoms with van der Waals surface area (Å²) >= 11 is 0. The van der Waals surface area contributed by atoms with Crippen LogP contribution in [0.2, 0.25) is 0 Å². The third kappa shape index (κ3) is 3.68. The van der Waals surface area contributed by atoms with Gasteiger partial charge < -0.3 is 9.80 Å². The first-order valence-corrected chi connectivity index (χ1v) is 11.1. The highest BCUT2D eigenvalue weighted by molar-refractivity contribution is 6.01. The predicted octanol–water partition coefficient (Wildman–Crippen LogP) is 5.04. The zero-order valence-corrected chi connectivity index (χ0v) is 17.4. The van der Waals surface area contributed by atoms with Gasteiger partial charge in [-0.15, -0.1) is 0 Å². The van der Waals surface area contributed by atoms with E-state index >= 15 is 0 Å². The summed E-state index contributed by atoms with van der Waals surface area (Å²) in [6.07, 6.45) is 9.65. The van der Waals surface area contributed by atoms with Crippen molar-refractivity contribution < 1.29 is 4.79 Å². The average molecular weight is 369 g/mol. The number of nitrogens with zero attached hydrogens (tertiary/aromatic N) is 2. The number of piperidine rings is 1. The molecule has 0 aromatic heterocycles. The van der Waals surface area contributed by atoms with Crippen LogP contribution in [-0.4, -0.2) is 36.0 Å². The maximum atomic E-state index is 12.6. The van der Waals surface area contributed by atoms with Crippen molar-refractivity contribution in [3.8, 4) is 0 Å². The second-order valence-electron chi connectivity index (χ2n) is 9.68. The van der Waals surface area contributed by atoms with Crippen LogP contribution in [-0.2, 0) is 11.2 Å². The van der Waals surface area contributed by atoms with Gasteiger partial charge in [0, 0.05) is 30.9 Å². The van der Waals surface area contributed by atoms with Gasteiger partial charge >= 0.3 is 0 Å². The first-order valence-electron chi connectivity index (χ1n) is 11.1. The van der Waals surface area contributed by atoms with E-state index < -0.39 is 0 Å². The first kappa shape index (κ1) is 19.0. The van der Waals surface area contributed by atoms with Crippen molar-refractivity contribution in [2.24, 2.45) is 11.3 Å². The molecule has 0 radical (unpaired) electrons. The van der Waals surface area contributed by atoms with Crippen LogP contribution in [0.25, 0.3) is 0 Å². The maximum Gasteiger partial charge on any atom is 0.231 e. The monoisotopic (exact) mass is 368 g/mol. The summed E-state index contributed by atoms with van der Waals surface area (Å²) in [6.45, 7) is 9.56. The van der Waals surface area contributed by atoms with E-state index in [4.69, 9.17) is 0 Å². The van der Waals surface area contributed by atoms with Crippen LogP contribution in [0.15, 0.2) is 24.3 Å². The number of para-hydroxylation sites is 1. The zero-order chi connectivity index (χ0) is 19.0. The third-order valence-electron chi connectivity index (χ3n) is 7.96. The third-order valence-corrected chi connectivity index (χ3v) is 7.96. The SMILES string of the molecule is CCC(C)(C)C1CCC(N2CCC(N3C(=O)Cc4ccccc43)CC2)CC1. The van der Waals surface area contributed by atoms with Gasteiger partial charge in [-0.25, -0.2) is 0 Å². The van der Waals surface area contributed by atoms with Crippen molar-refractivity contribution >= 4 is 11.6 Å². The van der Waals surface area contributed by atoms with Gasteiger partial charge in [0.25, 0.3) is 0 Å². The summed E-state index contributed by atoms with van der Waals surface area (Å²) in [5.74, 6) is 1.20. The normalized spacial score (nSPS) is 27.8. The van der Waals surface area contributed by atoms with Gasteiger partial charge in [-0.2, -0.15) is 0 Å². The van der Waals surface area contributed by atoms with Crippen LogP contribution in [0.4, 0.5) is 5.69 Å². The van der Waals surface area contributed by atoms with E-state index in [-0.39, 0.29) is 0 Å². The van der Waals surface area contributed by atoms with Crippen LogP contribution in [0.1, 0.15) is 71.3 Å². The Balaban J connectivity index is 1.32. The van der Waals surface area contributed by atoms with Crippen molar-refractivity contribution in [1.29, 1.82) is 0 Å². The summed E-state index contributed by atoms with van der Waals surface area (Å²) in [7, 11) is 0. The van der Waals surface area contributed by atoms with Crippen LogP contribution in [0.5, 0.6) is 0 Å². The highest BCUT2D eigenvalue weighted by Crippen LogP contribution is 2.42. The smallest absolute Gasteiger partial charge is 0.231 e. The lowest BCUT2D eigenvalue weighted by Crippen LogP contribution is -2.50. The van der Waals surface area contributed by atoms with E-state index in [0.29, 0.717) is 23.8 Å². The lowest BCUT2D eigenvalue weighted by Gasteiger charge is -2.45. The molecule has 2 fully saturated rings. The molecule has 1 aliphatic carbocycles. The Labute approximate surface area is 165 Å². The first-order chi connectivity index (χ1) is 13.0. The Kier molecular flexibility index (Phi) is 5.33. The van der Waals surface area contributed by atoms with Crippen molar-refractivity contribution in [3.05, 3.63) is 29.8 Å². The van der Waals surface area contributed by atoms with E-state index in [9.17, 15) is 4.79 Å². The zero-order valence-electron chi connectivity index (χ0n) is 17.4. The summed E-state index contributed by atoms with van der Waals surface area (Å²) in [5, 5.41) is 0. The molecule has 3 aliphatic rings. The number of carbonyl (C=O) groups excluding carboxylic acids is 1. The van der Waals surface area contributed by atoms with Gasteiger partial charge in [-0.3, -0.25) is 4.79 Å². The molecule has 0 atom stereocenters. The number of anilines is 1. The molecule has 2 heterocycles. The Morgan fingerprint density at radius 2 is 1.63 bits per heavy atom. The molecule has 0 unspecified atom stereocenters. The topological polar surface area (TPSA) is 23.6 Å². The van der Waals surface area contributed by atoms with Gasteiger partial charge in [0.05, 0.1) is 6.42 Å². The van der Waals surface area contributed by atoms with E-state index in [1.54, 1.807) is 0 Å². The number of amides is 1. The molecular formula is C24H36N2O. The molecule has 0 spiro atoms. The molecule has 148 valence electrons. The van der Waals surface area contributed by atoms with Crippen LogP contribution in [0, 0.1) is 11.3 Å². The van der Waals surface area contributed by atoms with Crippen LogP contribution >= 0.6 is 0 Å². The molecule has 1 aromatic carbocycles. The molecule has 4 rings (SSSR count). The van der Waals surface area contributed by atoms with Crippen molar-refractivity contribution in [2.75, 3.05) is 18.0 Å². The number of likely N-dealkylation sites (tertiary alicyclic amines) is 1. The minimum Gasteiger partial charge on any atom is -0.309 e. The molecule has 27 heavy (non-hydrogen) atoms. The Morgan fingerprint density at radius 3 is 2.30 bits per heavy atom. The number of fused-ring (bicyclic) bond motifs is 1. The highest BCUT2D eigenvalue weighted by Gasteiger charge is 2.38. The molecule has 3 nitrogen and oxygen atoms in total. The largest absolute Gasteiger partial charge is 0.309 e. The van der Waals surface area contributed by atoms with Crippen LogP contribution in [0.3, 0.4) is 0 Å². The lowest BCUT2D eigenvalue weighted by molar-refractivity contribution is -0.118. The van der Waals surface area contributed by atoms with Gasteiger partial charge in [0.1, 0.15) is 0 Å². The average Bonchev–Trinajstić information content (AvgIpc) is 3.04. The number of rotatable bonds is 4. The summed E-state index contributed by atoms with van der Waals surface area (Å²) in [6, 6.07) is 9.52. The van der Waals surface area contributed by atoms with E-state index in [0.717, 1.165) is 37.9 Å². The van der Waals surface area contributed by atoms with Gasteiger partial charge in [0.2, 0.25) is 5.91 Å². The maximum absolute atomic E-state index is 12.6. The van der Waals surface area contributed by atoms with Crippen molar-refractivity contribution in [1.82, 2.24) is 4.90 Å². The lowest BCUT2D eigenvalue weighted by atomic mass is 9.68. The summed E-state index contributed by atoms with van der Waals surface area (Å²) in [5.41, 5.74) is 2.88. The predicted molar refractivity (Wildman–Crippen MR) is 112 cm³/mol. The fraction of sp³-hybridized carbons (Fsp3) is 0.708. The van der Waals surface area contributed by atoms with E-state index in [2.05, 4.69) is 48.8 Å². The molecule has 0 bridgehead atoms. The molecule has 1 saturated heterocycles. The molecular weight excluding hydrogens is 332 g/mol. The van der Waals surface area contributed by atoms with Crippen molar-refractivity contribution in [3.63, 3.8) is 0 Å². The molecule has 1 aromatic rings. The molecule has 3 heteroatoms.